The normalized spacial score (nSPS) is 36.8. The smallest absolute Gasteiger partial charge is 0.0785 e. The highest BCUT2D eigenvalue weighted by molar-refractivity contribution is 6.30. The summed E-state index contributed by atoms with van der Waals surface area (Å²) in [4.78, 5) is 2.85. The van der Waals surface area contributed by atoms with E-state index in [-0.39, 0.29) is 0 Å². The van der Waals surface area contributed by atoms with Gasteiger partial charge in [-0.15, -0.1) is 0 Å². The summed E-state index contributed by atoms with van der Waals surface area (Å²) < 4.78 is 2.10. The van der Waals surface area contributed by atoms with Crippen LogP contribution >= 0.6 is 11.6 Å². The molecule has 0 aromatic carbocycles. The fourth-order valence-corrected chi connectivity index (χ4v) is 4.34. The van der Waals surface area contributed by atoms with Crippen molar-refractivity contribution in [2.24, 2.45) is 0 Å². The zero-order valence-electron chi connectivity index (χ0n) is 10.6. The van der Waals surface area contributed by atoms with E-state index in [1.165, 1.54) is 44.9 Å². The van der Waals surface area contributed by atoms with Gasteiger partial charge in [0.15, 0.2) is 0 Å². The van der Waals surface area contributed by atoms with Gasteiger partial charge in [0, 0.05) is 24.3 Å². The minimum Gasteiger partial charge on any atom is -0.294 e. The number of aromatic nitrogens is 2. The molecule has 0 N–H and O–H groups in total. The molecule has 4 heteroatoms. The molecule has 1 saturated carbocycles. The van der Waals surface area contributed by atoms with E-state index in [4.69, 9.17) is 11.6 Å². The summed E-state index contributed by atoms with van der Waals surface area (Å²) in [5.74, 6) is 0. The summed E-state index contributed by atoms with van der Waals surface area (Å²) in [6, 6.07) is 3.10. The first kappa shape index (κ1) is 11.3. The van der Waals surface area contributed by atoms with Crippen LogP contribution in [0.25, 0.3) is 0 Å². The first-order valence-corrected chi connectivity index (χ1v) is 7.66. The van der Waals surface area contributed by atoms with Crippen molar-refractivity contribution >= 4 is 11.6 Å². The number of piperidine rings is 1. The lowest BCUT2D eigenvalue weighted by molar-refractivity contribution is 0.0246. The molecule has 2 saturated heterocycles. The quantitative estimate of drug-likeness (QED) is 0.818. The summed E-state index contributed by atoms with van der Waals surface area (Å²) in [7, 11) is 0. The predicted octanol–water partition coefficient (Wildman–Crippen LogP) is 3.26. The van der Waals surface area contributed by atoms with Crippen LogP contribution in [0.5, 0.6) is 0 Å². The van der Waals surface area contributed by atoms with Crippen molar-refractivity contribution in [1.82, 2.24) is 14.7 Å². The van der Waals surface area contributed by atoms with Crippen molar-refractivity contribution in [2.75, 3.05) is 0 Å². The molecular formula is C14H20ClN3. The maximum absolute atomic E-state index is 5.98. The molecule has 3 fully saturated rings. The van der Waals surface area contributed by atoms with E-state index < -0.39 is 0 Å². The Morgan fingerprint density at radius 2 is 1.72 bits per heavy atom. The fraction of sp³-hybridized carbons (Fsp3) is 0.786. The van der Waals surface area contributed by atoms with Crippen molar-refractivity contribution in [3.63, 3.8) is 0 Å². The van der Waals surface area contributed by atoms with Crippen LogP contribution in [0.1, 0.15) is 51.0 Å². The van der Waals surface area contributed by atoms with Crippen molar-refractivity contribution in [2.45, 2.75) is 69.1 Å². The molecule has 18 heavy (non-hydrogen) atoms. The van der Waals surface area contributed by atoms with Gasteiger partial charge in [0.2, 0.25) is 0 Å². The first-order chi connectivity index (χ1) is 8.81. The van der Waals surface area contributed by atoms with Crippen LogP contribution in [-0.2, 0) is 0 Å². The van der Waals surface area contributed by atoms with Crippen molar-refractivity contribution < 1.29 is 0 Å². The highest BCUT2D eigenvalue weighted by atomic mass is 35.5. The van der Waals surface area contributed by atoms with Crippen molar-refractivity contribution in [1.29, 1.82) is 0 Å². The van der Waals surface area contributed by atoms with E-state index in [0.717, 1.165) is 23.1 Å². The minimum absolute atomic E-state index is 0.575. The van der Waals surface area contributed by atoms with Crippen LogP contribution in [0.3, 0.4) is 0 Å². The van der Waals surface area contributed by atoms with E-state index in [9.17, 15) is 0 Å². The number of fused-ring (bicyclic) bond motifs is 2. The molecule has 98 valence electrons. The number of halogens is 1. The summed E-state index contributed by atoms with van der Waals surface area (Å²) in [5.41, 5.74) is 0. The zero-order chi connectivity index (χ0) is 12.1. The first-order valence-electron chi connectivity index (χ1n) is 7.28. The number of rotatable bonds is 2. The second-order valence-corrected chi connectivity index (χ2v) is 6.62. The lowest BCUT2D eigenvalue weighted by atomic mass is 9.86. The van der Waals surface area contributed by atoms with Gasteiger partial charge in [-0.1, -0.05) is 18.0 Å². The monoisotopic (exact) mass is 265 g/mol. The van der Waals surface area contributed by atoms with Gasteiger partial charge in [-0.05, 0) is 38.5 Å². The molecule has 1 aromatic heterocycles. The third-order valence-electron chi connectivity index (χ3n) is 5.21. The molecule has 0 radical (unpaired) electrons. The van der Waals surface area contributed by atoms with E-state index in [0.29, 0.717) is 6.04 Å². The van der Waals surface area contributed by atoms with Gasteiger partial charge in [0.25, 0.3) is 0 Å². The molecular weight excluding hydrogens is 246 g/mol. The number of hydrogen-bond acceptors (Lipinski definition) is 2. The second-order valence-electron chi connectivity index (χ2n) is 6.18. The number of nitrogens with zero attached hydrogens (tertiary/aromatic N) is 3. The van der Waals surface area contributed by atoms with Crippen LogP contribution in [0.2, 0.25) is 5.02 Å². The Morgan fingerprint density at radius 3 is 2.22 bits per heavy atom. The summed E-state index contributed by atoms with van der Waals surface area (Å²) in [6.45, 7) is 0. The van der Waals surface area contributed by atoms with Gasteiger partial charge in [-0.25, -0.2) is 0 Å². The third kappa shape index (κ3) is 1.71. The second kappa shape index (κ2) is 4.24. The predicted molar refractivity (Wildman–Crippen MR) is 71.8 cm³/mol. The largest absolute Gasteiger partial charge is 0.294 e. The Hall–Kier alpha value is -0.540. The van der Waals surface area contributed by atoms with Gasteiger partial charge in [0.05, 0.1) is 17.3 Å². The van der Waals surface area contributed by atoms with Gasteiger partial charge < -0.3 is 0 Å². The highest BCUT2D eigenvalue weighted by Crippen LogP contribution is 2.45. The lowest BCUT2D eigenvalue weighted by Crippen LogP contribution is -2.51. The van der Waals surface area contributed by atoms with Crippen molar-refractivity contribution in [3.05, 3.63) is 17.4 Å². The molecule has 3 heterocycles. The Morgan fingerprint density at radius 1 is 1.00 bits per heavy atom. The SMILES string of the molecule is Clc1cnn(C2CC3CCC(C2)N3C2CCC2)c1. The number of hydrogen-bond donors (Lipinski definition) is 0. The lowest BCUT2D eigenvalue weighted by Gasteiger charge is -2.47. The van der Waals surface area contributed by atoms with E-state index >= 15 is 0 Å². The highest BCUT2D eigenvalue weighted by Gasteiger charge is 2.45. The molecule has 2 bridgehead atoms. The van der Waals surface area contributed by atoms with Gasteiger partial charge in [0.1, 0.15) is 0 Å². The van der Waals surface area contributed by atoms with Crippen LogP contribution < -0.4 is 0 Å². The van der Waals surface area contributed by atoms with Gasteiger partial charge >= 0.3 is 0 Å². The maximum atomic E-state index is 5.98. The van der Waals surface area contributed by atoms with E-state index in [2.05, 4.69) is 14.7 Å². The minimum atomic E-state index is 0.575. The van der Waals surface area contributed by atoms with Gasteiger partial charge in [-0.2, -0.15) is 5.10 Å². The molecule has 0 amide bonds. The Kier molecular flexibility index (Phi) is 2.66. The maximum Gasteiger partial charge on any atom is 0.0785 e. The molecule has 2 unspecified atom stereocenters. The van der Waals surface area contributed by atoms with Crippen LogP contribution in [0.4, 0.5) is 0 Å². The molecule has 1 aromatic rings. The average Bonchev–Trinajstić information content (AvgIpc) is 2.80. The van der Waals surface area contributed by atoms with E-state index in [1.54, 1.807) is 6.20 Å². The summed E-state index contributed by atoms with van der Waals surface area (Å²) in [5, 5.41) is 5.17. The average molecular weight is 266 g/mol. The van der Waals surface area contributed by atoms with Crippen LogP contribution in [-0.4, -0.2) is 32.8 Å². The Balaban J connectivity index is 1.52. The molecule has 2 aliphatic heterocycles. The van der Waals surface area contributed by atoms with Crippen LogP contribution in [0, 0.1) is 0 Å². The Labute approximate surface area is 113 Å². The molecule has 3 nitrogen and oxygen atoms in total. The summed E-state index contributed by atoms with van der Waals surface area (Å²) in [6.07, 6.45) is 13.4. The van der Waals surface area contributed by atoms with Gasteiger partial charge in [-0.3, -0.25) is 9.58 Å². The molecule has 2 atom stereocenters. The Bertz CT molecular complexity index is 426. The fourth-order valence-electron chi connectivity index (χ4n) is 4.20. The molecule has 0 spiro atoms. The van der Waals surface area contributed by atoms with Crippen LogP contribution in [0.15, 0.2) is 12.4 Å². The molecule has 1 aliphatic carbocycles. The summed E-state index contributed by atoms with van der Waals surface area (Å²) >= 11 is 5.98. The standard InChI is InChI=1S/C14H20ClN3/c15-10-8-16-17(9-10)14-6-12-4-5-13(7-14)18(12)11-2-1-3-11/h8-9,11-14H,1-7H2. The molecule has 3 aliphatic rings. The van der Waals surface area contributed by atoms with E-state index in [1.807, 2.05) is 6.20 Å². The third-order valence-corrected chi connectivity index (χ3v) is 5.40. The zero-order valence-corrected chi connectivity index (χ0v) is 11.4. The topological polar surface area (TPSA) is 21.1 Å². The van der Waals surface area contributed by atoms with Crippen molar-refractivity contribution in [3.8, 4) is 0 Å². The molecule has 4 rings (SSSR count).